The van der Waals surface area contributed by atoms with Gasteiger partial charge < -0.3 is 4.74 Å². The molecule has 0 spiro atoms. The van der Waals surface area contributed by atoms with Crippen molar-refractivity contribution in [3.8, 4) is 11.5 Å². The summed E-state index contributed by atoms with van der Waals surface area (Å²) in [6.45, 7) is 0. The quantitative estimate of drug-likeness (QED) is 0.683. The first kappa shape index (κ1) is 13.6. The molecular weight excluding hydrogens is 319 g/mol. The first-order valence-electron chi connectivity index (χ1n) is 6.90. The molecule has 1 nitrogen and oxygen atoms in total. The fraction of sp³-hybridized carbons (Fsp3) is 0.294. The lowest BCUT2D eigenvalue weighted by Crippen LogP contribution is -2.02. The summed E-state index contributed by atoms with van der Waals surface area (Å²) < 4.78 is 19.1. The number of hydrogen-bond donors (Lipinski definition) is 0. The van der Waals surface area contributed by atoms with Crippen LogP contribution in [0.5, 0.6) is 11.5 Å². The molecule has 2 aromatic carbocycles. The second kappa shape index (κ2) is 5.96. The van der Waals surface area contributed by atoms with Crippen LogP contribution >= 0.6 is 15.9 Å². The molecule has 0 unspecified atom stereocenters. The smallest absolute Gasteiger partial charge is 0.131 e. The number of aryl methyl sites for hydroxylation is 2. The van der Waals surface area contributed by atoms with Gasteiger partial charge >= 0.3 is 0 Å². The summed E-state index contributed by atoms with van der Waals surface area (Å²) in [4.78, 5) is 0. The van der Waals surface area contributed by atoms with Crippen molar-refractivity contribution in [2.75, 3.05) is 0 Å². The van der Waals surface area contributed by atoms with Crippen LogP contribution in [0, 0.1) is 5.82 Å². The highest BCUT2D eigenvalue weighted by Crippen LogP contribution is 2.31. The number of alkyl halides is 1. The Hall–Kier alpha value is -1.35. The van der Waals surface area contributed by atoms with Gasteiger partial charge in [0.15, 0.2) is 0 Å². The zero-order valence-corrected chi connectivity index (χ0v) is 12.7. The molecule has 0 saturated heterocycles. The van der Waals surface area contributed by atoms with Gasteiger partial charge in [-0.25, -0.2) is 4.39 Å². The molecule has 3 heteroatoms. The van der Waals surface area contributed by atoms with Gasteiger partial charge in [0, 0.05) is 10.9 Å². The molecule has 0 heterocycles. The number of benzene rings is 2. The largest absolute Gasteiger partial charge is 0.457 e. The van der Waals surface area contributed by atoms with Crippen molar-refractivity contribution >= 4 is 15.9 Å². The Labute approximate surface area is 126 Å². The predicted octanol–water partition coefficient (Wildman–Crippen LogP) is 5.39. The fourth-order valence-corrected chi connectivity index (χ4v) is 3.09. The normalized spacial score (nSPS) is 13.9. The van der Waals surface area contributed by atoms with Crippen LogP contribution in [0.1, 0.15) is 29.5 Å². The van der Waals surface area contributed by atoms with Crippen LogP contribution in [0.2, 0.25) is 0 Å². The zero-order chi connectivity index (χ0) is 13.9. The lowest BCUT2D eigenvalue weighted by molar-refractivity contribution is 0.474. The van der Waals surface area contributed by atoms with E-state index in [0.29, 0.717) is 11.1 Å². The Balaban J connectivity index is 1.87. The monoisotopic (exact) mass is 334 g/mol. The SMILES string of the molecule is Fc1ccc(Oc2ccc3c(c2)CCCC3)c(CBr)c1. The lowest BCUT2D eigenvalue weighted by atomic mass is 9.92. The van der Waals surface area contributed by atoms with Crippen molar-refractivity contribution in [3.05, 3.63) is 58.9 Å². The molecule has 0 aromatic heterocycles. The second-order valence-electron chi connectivity index (χ2n) is 5.13. The molecule has 1 aliphatic carbocycles. The minimum atomic E-state index is -0.239. The van der Waals surface area contributed by atoms with Crippen LogP contribution < -0.4 is 4.74 Å². The van der Waals surface area contributed by atoms with Crippen molar-refractivity contribution < 1.29 is 9.13 Å². The van der Waals surface area contributed by atoms with Crippen LogP contribution in [0.3, 0.4) is 0 Å². The molecule has 2 aromatic rings. The van der Waals surface area contributed by atoms with Gasteiger partial charge in [0.25, 0.3) is 0 Å². The summed E-state index contributed by atoms with van der Waals surface area (Å²) in [5, 5.41) is 0.574. The summed E-state index contributed by atoms with van der Waals surface area (Å²) >= 11 is 3.37. The minimum absolute atomic E-state index is 0.239. The van der Waals surface area contributed by atoms with Crippen LogP contribution in [0.15, 0.2) is 36.4 Å². The first-order valence-corrected chi connectivity index (χ1v) is 8.02. The molecule has 0 saturated carbocycles. The van der Waals surface area contributed by atoms with E-state index in [1.165, 1.54) is 42.5 Å². The van der Waals surface area contributed by atoms with Crippen molar-refractivity contribution in [1.29, 1.82) is 0 Å². The average Bonchev–Trinajstić information content (AvgIpc) is 2.49. The van der Waals surface area contributed by atoms with Gasteiger partial charge in [0.05, 0.1) is 0 Å². The molecule has 0 bridgehead atoms. The van der Waals surface area contributed by atoms with Crippen LogP contribution in [-0.2, 0) is 18.2 Å². The van der Waals surface area contributed by atoms with E-state index in [4.69, 9.17) is 4.74 Å². The summed E-state index contributed by atoms with van der Waals surface area (Å²) in [6, 6.07) is 10.9. The van der Waals surface area contributed by atoms with Crippen LogP contribution in [0.4, 0.5) is 4.39 Å². The van der Waals surface area contributed by atoms with Crippen molar-refractivity contribution in [1.82, 2.24) is 0 Å². The van der Waals surface area contributed by atoms with E-state index in [9.17, 15) is 4.39 Å². The molecule has 20 heavy (non-hydrogen) atoms. The average molecular weight is 335 g/mol. The Morgan fingerprint density at radius 3 is 2.60 bits per heavy atom. The van der Waals surface area contributed by atoms with E-state index >= 15 is 0 Å². The molecule has 104 valence electrons. The third kappa shape index (κ3) is 2.88. The van der Waals surface area contributed by atoms with E-state index in [0.717, 1.165) is 17.7 Å². The predicted molar refractivity (Wildman–Crippen MR) is 82.2 cm³/mol. The number of rotatable bonds is 3. The van der Waals surface area contributed by atoms with E-state index in [1.54, 1.807) is 6.07 Å². The minimum Gasteiger partial charge on any atom is -0.457 e. The van der Waals surface area contributed by atoms with Crippen LogP contribution in [0.25, 0.3) is 0 Å². The lowest BCUT2D eigenvalue weighted by Gasteiger charge is -2.17. The van der Waals surface area contributed by atoms with Gasteiger partial charge in [-0.2, -0.15) is 0 Å². The Morgan fingerprint density at radius 2 is 1.80 bits per heavy atom. The Kier molecular flexibility index (Phi) is 4.06. The van der Waals surface area contributed by atoms with Gasteiger partial charge in [-0.3, -0.25) is 0 Å². The Bertz CT molecular complexity index is 624. The topological polar surface area (TPSA) is 9.23 Å². The third-order valence-electron chi connectivity index (χ3n) is 3.71. The molecule has 0 aliphatic heterocycles. The number of halogens is 2. The first-order chi connectivity index (χ1) is 9.76. The van der Waals surface area contributed by atoms with E-state index in [-0.39, 0.29) is 5.82 Å². The number of ether oxygens (including phenoxy) is 1. The highest BCUT2D eigenvalue weighted by atomic mass is 79.9. The number of fused-ring (bicyclic) bond motifs is 1. The second-order valence-corrected chi connectivity index (χ2v) is 5.69. The summed E-state index contributed by atoms with van der Waals surface area (Å²) in [7, 11) is 0. The van der Waals surface area contributed by atoms with Crippen molar-refractivity contribution in [2.24, 2.45) is 0 Å². The van der Waals surface area contributed by atoms with E-state index < -0.39 is 0 Å². The number of hydrogen-bond acceptors (Lipinski definition) is 1. The van der Waals surface area contributed by atoms with E-state index in [2.05, 4.69) is 28.1 Å². The van der Waals surface area contributed by atoms with Gasteiger partial charge in [-0.15, -0.1) is 0 Å². The molecule has 0 radical (unpaired) electrons. The zero-order valence-electron chi connectivity index (χ0n) is 11.2. The molecule has 0 N–H and O–H groups in total. The van der Waals surface area contributed by atoms with Crippen molar-refractivity contribution in [2.45, 2.75) is 31.0 Å². The van der Waals surface area contributed by atoms with Crippen LogP contribution in [-0.4, -0.2) is 0 Å². The highest BCUT2D eigenvalue weighted by Gasteiger charge is 2.11. The Morgan fingerprint density at radius 1 is 1.00 bits per heavy atom. The maximum atomic E-state index is 13.2. The van der Waals surface area contributed by atoms with Gasteiger partial charge in [-0.1, -0.05) is 22.0 Å². The highest BCUT2D eigenvalue weighted by molar-refractivity contribution is 9.08. The molecule has 3 rings (SSSR count). The molecule has 1 aliphatic rings. The summed E-state index contributed by atoms with van der Waals surface area (Å²) in [5.74, 6) is 1.30. The molecule has 0 amide bonds. The molecular formula is C17H16BrFO. The standard InChI is InChI=1S/C17H16BrFO/c18-11-14-9-15(19)6-8-17(14)20-16-7-5-12-3-1-2-4-13(12)10-16/h5-10H,1-4,11H2. The maximum absolute atomic E-state index is 13.2. The summed E-state index contributed by atoms with van der Waals surface area (Å²) in [5.41, 5.74) is 3.64. The van der Waals surface area contributed by atoms with Gasteiger partial charge in [0.2, 0.25) is 0 Å². The van der Waals surface area contributed by atoms with Gasteiger partial charge in [-0.05, 0) is 67.1 Å². The molecule has 0 atom stereocenters. The molecule has 0 fully saturated rings. The summed E-state index contributed by atoms with van der Waals surface area (Å²) in [6.07, 6.45) is 4.82. The maximum Gasteiger partial charge on any atom is 0.131 e. The van der Waals surface area contributed by atoms with Crippen molar-refractivity contribution in [3.63, 3.8) is 0 Å². The van der Waals surface area contributed by atoms with Gasteiger partial charge in [0.1, 0.15) is 17.3 Å². The fourth-order valence-electron chi connectivity index (χ4n) is 2.65. The third-order valence-corrected chi connectivity index (χ3v) is 4.32. The van der Waals surface area contributed by atoms with E-state index in [1.807, 2.05) is 6.07 Å².